The Labute approximate surface area is 74.8 Å². The summed E-state index contributed by atoms with van der Waals surface area (Å²) >= 11 is 0.333. The van der Waals surface area contributed by atoms with Crippen molar-refractivity contribution >= 4 is 17.3 Å². The van der Waals surface area contributed by atoms with Gasteiger partial charge in [-0.05, 0) is 6.92 Å². The minimum atomic E-state index is -4.57. The van der Waals surface area contributed by atoms with Gasteiger partial charge in [-0.2, -0.15) is 13.2 Å². The fourth-order valence-electron chi connectivity index (χ4n) is 0.716. The van der Waals surface area contributed by atoms with Gasteiger partial charge in [-0.1, -0.05) is 0 Å². The molecule has 72 valence electrons. The van der Waals surface area contributed by atoms with Gasteiger partial charge in [0.05, 0.1) is 0 Å². The van der Waals surface area contributed by atoms with Crippen molar-refractivity contribution in [2.75, 3.05) is 0 Å². The van der Waals surface area contributed by atoms with Crippen LogP contribution >= 0.6 is 11.3 Å². The van der Waals surface area contributed by atoms with Crippen LogP contribution in [0.5, 0.6) is 0 Å². The third-order valence-electron chi connectivity index (χ3n) is 1.24. The van der Waals surface area contributed by atoms with E-state index in [1.165, 1.54) is 6.92 Å². The van der Waals surface area contributed by atoms with E-state index in [2.05, 4.69) is 4.98 Å². The highest BCUT2D eigenvalue weighted by atomic mass is 32.1. The van der Waals surface area contributed by atoms with E-state index in [1.807, 2.05) is 0 Å². The number of hydrogen-bond donors (Lipinski definition) is 1. The molecule has 0 atom stereocenters. The summed E-state index contributed by atoms with van der Waals surface area (Å²) in [5.41, 5.74) is -0.530. The molecule has 3 nitrogen and oxygen atoms in total. The Kier molecular flexibility index (Phi) is 2.29. The van der Waals surface area contributed by atoms with E-state index in [-0.39, 0.29) is 4.88 Å². The van der Waals surface area contributed by atoms with Crippen molar-refractivity contribution in [3.05, 3.63) is 15.6 Å². The van der Waals surface area contributed by atoms with Crippen molar-refractivity contribution in [1.29, 1.82) is 0 Å². The SMILES string of the molecule is Cc1sc(C(F)(F)F)nc1C(=O)O. The highest BCUT2D eigenvalue weighted by Crippen LogP contribution is 2.33. The minimum absolute atomic E-state index is 0.0554. The number of rotatable bonds is 1. The second-order valence-corrected chi connectivity index (χ2v) is 3.43. The zero-order valence-electron chi connectivity index (χ0n) is 6.34. The van der Waals surface area contributed by atoms with Gasteiger partial charge in [0.1, 0.15) is 0 Å². The highest BCUT2D eigenvalue weighted by molar-refractivity contribution is 7.12. The lowest BCUT2D eigenvalue weighted by Gasteiger charge is -1.98. The molecule has 13 heavy (non-hydrogen) atoms. The van der Waals surface area contributed by atoms with Crippen LogP contribution in [0, 0.1) is 6.92 Å². The molecule has 7 heteroatoms. The third-order valence-corrected chi connectivity index (χ3v) is 2.26. The maximum Gasteiger partial charge on any atom is 0.443 e. The Hall–Kier alpha value is -1.11. The first kappa shape index (κ1) is 9.97. The second-order valence-electron chi connectivity index (χ2n) is 2.23. The number of carboxylic acid groups (broad SMARTS) is 1. The van der Waals surface area contributed by atoms with Crippen LogP contribution in [-0.4, -0.2) is 16.1 Å². The number of aryl methyl sites for hydroxylation is 1. The average Bonchev–Trinajstić information content (AvgIpc) is 2.29. The van der Waals surface area contributed by atoms with Gasteiger partial charge in [-0.15, -0.1) is 11.3 Å². The van der Waals surface area contributed by atoms with Crippen LogP contribution in [0.4, 0.5) is 13.2 Å². The van der Waals surface area contributed by atoms with E-state index in [0.717, 1.165) is 0 Å². The van der Waals surface area contributed by atoms with Crippen molar-refractivity contribution in [3.63, 3.8) is 0 Å². The zero-order valence-corrected chi connectivity index (χ0v) is 7.16. The monoisotopic (exact) mass is 211 g/mol. The van der Waals surface area contributed by atoms with E-state index in [1.54, 1.807) is 0 Å². The average molecular weight is 211 g/mol. The van der Waals surface area contributed by atoms with Crippen LogP contribution in [0.1, 0.15) is 20.4 Å². The van der Waals surface area contributed by atoms with Crippen LogP contribution in [0.3, 0.4) is 0 Å². The standard InChI is InChI=1S/C6H4F3NO2S/c1-2-3(4(11)12)10-5(13-2)6(7,8)9/h1H3,(H,11,12). The fraction of sp³-hybridized carbons (Fsp3) is 0.333. The summed E-state index contributed by atoms with van der Waals surface area (Å²) < 4.78 is 36.0. The third kappa shape index (κ3) is 1.97. The second kappa shape index (κ2) is 2.99. The Morgan fingerprint density at radius 1 is 1.54 bits per heavy atom. The van der Waals surface area contributed by atoms with E-state index in [0.29, 0.717) is 11.3 Å². The quantitative estimate of drug-likeness (QED) is 0.774. The van der Waals surface area contributed by atoms with E-state index in [4.69, 9.17) is 5.11 Å². The molecular formula is C6H4F3NO2S. The number of carbonyl (C=O) groups is 1. The number of carboxylic acids is 1. The van der Waals surface area contributed by atoms with Crippen LogP contribution in [0.15, 0.2) is 0 Å². The molecule has 0 spiro atoms. The lowest BCUT2D eigenvalue weighted by atomic mass is 10.4. The van der Waals surface area contributed by atoms with Crippen LogP contribution in [0.2, 0.25) is 0 Å². The molecule has 0 amide bonds. The number of thiazole rings is 1. The molecule has 1 heterocycles. The van der Waals surface area contributed by atoms with Gasteiger partial charge in [-0.25, -0.2) is 9.78 Å². The Balaban J connectivity index is 3.17. The van der Waals surface area contributed by atoms with Gasteiger partial charge < -0.3 is 5.11 Å². The number of halogens is 3. The van der Waals surface area contributed by atoms with Crippen LogP contribution in [-0.2, 0) is 6.18 Å². The highest BCUT2D eigenvalue weighted by Gasteiger charge is 2.36. The summed E-state index contributed by atoms with van der Waals surface area (Å²) in [6.45, 7) is 1.29. The van der Waals surface area contributed by atoms with Gasteiger partial charge in [0.2, 0.25) is 0 Å². The van der Waals surface area contributed by atoms with Gasteiger partial charge in [-0.3, -0.25) is 0 Å². The number of nitrogens with zero attached hydrogens (tertiary/aromatic N) is 1. The van der Waals surface area contributed by atoms with Crippen molar-refractivity contribution < 1.29 is 23.1 Å². The van der Waals surface area contributed by atoms with Crippen LogP contribution < -0.4 is 0 Å². The first-order valence-electron chi connectivity index (χ1n) is 3.10. The zero-order chi connectivity index (χ0) is 10.2. The van der Waals surface area contributed by atoms with Gasteiger partial charge in [0.25, 0.3) is 0 Å². The smallest absolute Gasteiger partial charge is 0.443 e. The first-order valence-corrected chi connectivity index (χ1v) is 3.92. The van der Waals surface area contributed by atoms with Crippen molar-refractivity contribution in [3.8, 4) is 0 Å². The summed E-state index contributed by atoms with van der Waals surface area (Å²) in [6, 6.07) is 0. The number of aromatic nitrogens is 1. The molecule has 0 saturated carbocycles. The van der Waals surface area contributed by atoms with Crippen molar-refractivity contribution in [2.24, 2.45) is 0 Å². The maximum atomic E-state index is 12.0. The van der Waals surface area contributed by atoms with Gasteiger partial charge >= 0.3 is 12.1 Å². The summed E-state index contributed by atoms with van der Waals surface area (Å²) in [6.07, 6.45) is -4.57. The molecule has 1 rings (SSSR count). The Morgan fingerprint density at radius 2 is 2.08 bits per heavy atom. The summed E-state index contributed by atoms with van der Waals surface area (Å²) in [5, 5.41) is 7.30. The molecule has 1 aromatic rings. The Bertz CT molecular complexity index is 344. The molecule has 1 aromatic heterocycles. The van der Waals surface area contributed by atoms with Gasteiger partial charge in [0.15, 0.2) is 10.7 Å². The molecule has 0 bridgehead atoms. The number of alkyl halides is 3. The van der Waals surface area contributed by atoms with Crippen molar-refractivity contribution in [1.82, 2.24) is 4.98 Å². The molecule has 0 fully saturated rings. The van der Waals surface area contributed by atoms with E-state index < -0.39 is 22.8 Å². The fourth-order valence-corrected chi connectivity index (χ4v) is 1.49. The molecule has 1 N–H and O–H groups in total. The molecule has 0 radical (unpaired) electrons. The predicted molar refractivity (Wildman–Crippen MR) is 38.8 cm³/mol. The maximum absolute atomic E-state index is 12.0. The normalized spacial score (nSPS) is 11.7. The lowest BCUT2D eigenvalue weighted by Crippen LogP contribution is -2.06. The molecule has 0 aromatic carbocycles. The number of hydrogen-bond acceptors (Lipinski definition) is 3. The topological polar surface area (TPSA) is 50.2 Å². The predicted octanol–water partition coefficient (Wildman–Crippen LogP) is 2.17. The lowest BCUT2D eigenvalue weighted by molar-refractivity contribution is -0.137. The van der Waals surface area contributed by atoms with Crippen LogP contribution in [0.25, 0.3) is 0 Å². The first-order chi connectivity index (χ1) is 5.82. The summed E-state index contributed by atoms with van der Waals surface area (Å²) in [5.74, 6) is -1.44. The van der Waals surface area contributed by atoms with Gasteiger partial charge in [0, 0.05) is 4.88 Å². The summed E-state index contributed by atoms with van der Waals surface area (Å²) in [7, 11) is 0. The molecule has 0 aliphatic rings. The largest absolute Gasteiger partial charge is 0.476 e. The van der Waals surface area contributed by atoms with E-state index in [9.17, 15) is 18.0 Å². The molecular weight excluding hydrogens is 207 g/mol. The molecule has 0 saturated heterocycles. The number of aromatic carboxylic acids is 1. The Morgan fingerprint density at radius 3 is 2.31 bits per heavy atom. The molecule has 0 unspecified atom stereocenters. The molecule has 0 aliphatic heterocycles. The molecule has 0 aliphatic carbocycles. The minimum Gasteiger partial charge on any atom is -0.476 e. The summed E-state index contributed by atoms with van der Waals surface area (Å²) in [4.78, 5) is 13.4. The van der Waals surface area contributed by atoms with Crippen molar-refractivity contribution in [2.45, 2.75) is 13.1 Å². The van der Waals surface area contributed by atoms with E-state index >= 15 is 0 Å².